The summed E-state index contributed by atoms with van der Waals surface area (Å²) in [6.07, 6.45) is 1.36. The van der Waals surface area contributed by atoms with E-state index in [1.807, 2.05) is 36.4 Å². The smallest absolute Gasteiger partial charge is 0.408 e. The summed E-state index contributed by atoms with van der Waals surface area (Å²) in [7, 11) is 0. The van der Waals surface area contributed by atoms with Crippen molar-refractivity contribution >= 4 is 6.09 Å². The maximum absolute atomic E-state index is 12.7. The first-order valence-electron chi connectivity index (χ1n) is 9.94. The molecule has 0 spiro atoms. The summed E-state index contributed by atoms with van der Waals surface area (Å²) in [6.45, 7) is 9.40. The average Bonchev–Trinajstić information content (AvgIpc) is 2.72. The summed E-state index contributed by atoms with van der Waals surface area (Å²) in [4.78, 5) is 14.9. The number of likely N-dealkylation sites (N-methyl/N-ethyl adjacent to an activating group) is 1. The van der Waals surface area contributed by atoms with E-state index in [9.17, 15) is 4.79 Å². The summed E-state index contributed by atoms with van der Waals surface area (Å²) in [5, 5.41) is 3.19. The van der Waals surface area contributed by atoms with Gasteiger partial charge in [0.15, 0.2) is 0 Å². The van der Waals surface area contributed by atoms with Crippen LogP contribution in [0.5, 0.6) is 0 Å². The van der Waals surface area contributed by atoms with E-state index in [-0.39, 0.29) is 6.09 Å². The quantitative estimate of drug-likeness (QED) is 0.655. The van der Waals surface area contributed by atoms with E-state index >= 15 is 0 Å². The van der Waals surface area contributed by atoms with Crippen LogP contribution >= 0.6 is 0 Å². The van der Waals surface area contributed by atoms with Gasteiger partial charge in [-0.1, -0.05) is 87.9 Å². The number of carbonyl (C=O) groups is 1. The van der Waals surface area contributed by atoms with Crippen molar-refractivity contribution in [3.63, 3.8) is 0 Å². The minimum absolute atomic E-state index is 0.372. The molecule has 0 bridgehead atoms. The van der Waals surface area contributed by atoms with Crippen LogP contribution in [0.15, 0.2) is 60.7 Å². The van der Waals surface area contributed by atoms with E-state index in [4.69, 9.17) is 4.74 Å². The topological polar surface area (TPSA) is 41.6 Å². The first-order chi connectivity index (χ1) is 13.2. The molecule has 0 heterocycles. The number of nitrogens with zero attached hydrogens (tertiary/aromatic N) is 1. The number of ether oxygens (including phenoxy) is 1. The molecule has 2 rings (SSSR count). The Bertz CT molecular complexity index is 630. The van der Waals surface area contributed by atoms with Gasteiger partial charge < -0.3 is 15.0 Å². The van der Waals surface area contributed by atoms with Crippen molar-refractivity contribution in [1.29, 1.82) is 0 Å². The summed E-state index contributed by atoms with van der Waals surface area (Å²) >= 11 is 0. The third kappa shape index (κ3) is 5.57. The summed E-state index contributed by atoms with van der Waals surface area (Å²) < 4.78 is 5.53. The highest BCUT2D eigenvalue weighted by atomic mass is 16.5. The molecule has 0 saturated heterocycles. The molecular formula is C23H32N2O2. The zero-order valence-electron chi connectivity index (χ0n) is 16.8. The standard InChI is InChI=1S/C23H32N2O2/c1-4-17-23(20-13-9-7-10-14-20,21-15-11-8-12-16-21)24-22(26)27-19-18-25(5-2)6-3/h7-16H,4-6,17-19H2,1-3H3,(H,24,26). The van der Waals surface area contributed by atoms with Crippen LogP contribution in [-0.4, -0.2) is 37.2 Å². The molecule has 2 aromatic carbocycles. The largest absolute Gasteiger partial charge is 0.448 e. The lowest BCUT2D eigenvalue weighted by Crippen LogP contribution is -2.47. The molecule has 0 aliphatic carbocycles. The second kappa shape index (κ2) is 10.7. The summed E-state index contributed by atoms with van der Waals surface area (Å²) in [6, 6.07) is 20.3. The molecule has 2 aromatic rings. The number of benzene rings is 2. The van der Waals surface area contributed by atoms with Crippen LogP contribution in [0.2, 0.25) is 0 Å². The Kier molecular flexibility index (Phi) is 8.34. The van der Waals surface area contributed by atoms with Gasteiger partial charge in [-0.25, -0.2) is 4.79 Å². The SMILES string of the molecule is CCCC(NC(=O)OCCN(CC)CC)(c1ccccc1)c1ccccc1. The van der Waals surface area contributed by atoms with Gasteiger partial charge in [0, 0.05) is 6.54 Å². The number of nitrogens with one attached hydrogen (secondary N) is 1. The molecular weight excluding hydrogens is 336 g/mol. The highest BCUT2D eigenvalue weighted by Gasteiger charge is 2.35. The van der Waals surface area contributed by atoms with Gasteiger partial charge in [0.2, 0.25) is 0 Å². The van der Waals surface area contributed by atoms with Crippen molar-refractivity contribution in [1.82, 2.24) is 10.2 Å². The molecule has 1 amide bonds. The van der Waals surface area contributed by atoms with E-state index in [1.54, 1.807) is 0 Å². The molecule has 4 heteroatoms. The summed E-state index contributed by atoms with van der Waals surface area (Å²) in [5.74, 6) is 0. The van der Waals surface area contributed by atoms with Crippen LogP contribution in [0, 0.1) is 0 Å². The Balaban J connectivity index is 2.23. The Labute approximate surface area is 163 Å². The maximum atomic E-state index is 12.7. The number of hydrogen-bond acceptors (Lipinski definition) is 3. The maximum Gasteiger partial charge on any atom is 0.408 e. The second-order valence-corrected chi connectivity index (χ2v) is 6.68. The minimum atomic E-state index is -0.594. The van der Waals surface area contributed by atoms with Crippen molar-refractivity contribution in [2.24, 2.45) is 0 Å². The zero-order valence-corrected chi connectivity index (χ0v) is 16.8. The fourth-order valence-corrected chi connectivity index (χ4v) is 3.50. The lowest BCUT2D eigenvalue weighted by molar-refractivity contribution is 0.120. The number of rotatable bonds is 10. The van der Waals surface area contributed by atoms with Crippen LogP contribution in [0.3, 0.4) is 0 Å². The molecule has 27 heavy (non-hydrogen) atoms. The molecule has 0 atom stereocenters. The summed E-state index contributed by atoms with van der Waals surface area (Å²) in [5.41, 5.74) is 1.54. The first-order valence-corrected chi connectivity index (χ1v) is 9.94. The van der Waals surface area contributed by atoms with Crippen molar-refractivity contribution in [3.8, 4) is 0 Å². The monoisotopic (exact) mass is 368 g/mol. The second-order valence-electron chi connectivity index (χ2n) is 6.68. The third-order valence-electron chi connectivity index (χ3n) is 5.01. The lowest BCUT2D eigenvalue weighted by atomic mass is 9.79. The Hall–Kier alpha value is -2.33. The van der Waals surface area contributed by atoms with Gasteiger partial charge in [0.1, 0.15) is 6.61 Å². The van der Waals surface area contributed by atoms with Crippen LogP contribution in [-0.2, 0) is 10.3 Å². The normalized spacial score (nSPS) is 11.4. The van der Waals surface area contributed by atoms with E-state index in [2.05, 4.69) is 55.3 Å². The molecule has 0 saturated carbocycles. The Morgan fingerprint density at radius 1 is 0.926 bits per heavy atom. The molecule has 0 aromatic heterocycles. The first kappa shape index (κ1) is 21.0. The molecule has 146 valence electrons. The van der Waals surface area contributed by atoms with E-state index in [1.165, 1.54) is 0 Å². The molecule has 0 radical (unpaired) electrons. The number of amides is 1. The molecule has 4 nitrogen and oxygen atoms in total. The highest BCUT2D eigenvalue weighted by Crippen LogP contribution is 2.34. The molecule has 0 aliphatic heterocycles. The minimum Gasteiger partial charge on any atom is -0.448 e. The molecule has 0 aliphatic rings. The predicted octanol–water partition coefficient (Wildman–Crippen LogP) is 4.80. The molecule has 0 unspecified atom stereocenters. The Morgan fingerprint density at radius 3 is 1.89 bits per heavy atom. The number of alkyl carbamates (subject to hydrolysis) is 1. The van der Waals surface area contributed by atoms with Crippen molar-refractivity contribution in [2.45, 2.75) is 39.2 Å². The molecule has 0 fully saturated rings. The van der Waals surface area contributed by atoms with E-state index < -0.39 is 5.54 Å². The fraction of sp³-hybridized carbons (Fsp3) is 0.435. The van der Waals surface area contributed by atoms with Crippen LogP contribution < -0.4 is 5.32 Å². The van der Waals surface area contributed by atoms with Crippen molar-refractivity contribution in [3.05, 3.63) is 71.8 Å². The van der Waals surface area contributed by atoms with Crippen molar-refractivity contribution in [2.75, 3.05) is 26.2 Å². The van der Waals surface area contributed by atoms with Gasteiger partial charge in [0.25, 0.3) is 0 Å². The number of hydrogen-bond donors (Lipinski definition) is 1. The van der Waals surface area contributed by atoms with Gasteiger partial charge in [0.05, 0.1) is 5.54 Å². The van der Waals surface area contributed by atoms with Gasteiger partial charge in [-0.3, -0.25) is 0 Å². The van der Waals surface area contributed by atoms with Gasteiger partial charge in [-0.2, -0.15) is 0 Å². The van der Waals surface area contributed by atoms with Crippen LogP contribution in [0.4, 0.5) is 4.79 Å². The average molecular weight is 369 g/mol. The third-order valence-corrected chi connectivity index (χ3v) is 5.01. The highest BCUT2D eigenvalue weighted by molar-refractivity contribution is 5.70. The number of carbonyl (C=O) groups excluding carboxylic acids is 1. The van der Waals surface area contributed by atoms with E-state index in [0.717, 1.165) is 43.6 Å². The van der Waals surface area contributed by atoms with E-state index in [0.29, 0.717) is 6.61 Å². The van der Waals surface area contributed by atoms with Crippen molar-refractivity contribution < 1.29 is 9.53 Å². The predicted molar refractivity (Wildman–Crippen MR) is 111 cm³/mol. The fourth-order valence-electron chi connectivity index (χ4n) is 3.50. The van der Waals surface area contributed by atoms with Crippen LogP contribution in [0.25, 0.3) is 0 Å². The van der Waals surface area contributed by atoms with Crippen LogP contribution in [0.1, 0.15) is 44.7 Å². The Morgan fingerprint density at radius 2 is 1.44 bits per heavy atom. The van der Waals surface area contributed by atoms with Gasteiger partial charge >= 0.3 is 6.09 Å². The van der Waals surface area contributed by atoms with Gasteiger partial charge in [-0.15, -0.1) is 0 Å². The molecule has 1 N–H and O–H groups in total. The zero-order chi connectivity index (χ0) is 19.5. The van der Waals surface area contributed by atoms with Gasteiger partial charge in [-0.05, 0) is 30.6 Å². The lowest BCUT2D eigenvalue weighted by Gasteiger charge is -2.35.